The molecule has 1 aliphatic rings. The Kier molecular flexibility index (Phi) is 3.70. The minimum absolute atomic E-state index is 0.0520. The second-order valence-corrected chi connectivity index (χ2v) is 4.72. The van der Waals surface area contributed by atoms with Gasteiger partial charge in [0.2, 0.25) is 5.91 Å². The maximum Gasteiger partial charge on any atom is 0.219 e. The van der Waals surface area contributed by atoms with Crippen LogP contribution < -0.4 is 4.90 Å². The molecule has 1 aromatic rings. The van der Waals surface area contributed by atoms with E-state index in [-0.39, 0.29) is 11.7 Å². The average Bonchev–Trinajstić information content (AvgIpc) is 2.41. The van der Waals surface area contributed by atoms with Crippen molar-refractivity contribution in [1.29, 1.82) is 5.26 Å². The lowest BCUT2D eigenvalue weighted by molar-refractivity contribution is -0.129. The van der Waals surface area contributed by atoms with Crippen LogP contribution in [0.2, 0.25) is 0 Å². The SMILES string of the molecule is CC(=O)N1CCN(c2cc(C)c(C#N)cc2F)CC1. The minimum atomic E-state index is -0.376. The molecule has 4 nitrogen and oxygen atoms in total. The summed E-state index contributed by atoms with van der Waals surface area (Å²) in [4.78, 5) is 14.9. The van der Waals surface area contributed by atoms with Gasteiger partial charge in [-0.15, -0.1) is 0 Å². The quantitative estimate of drug-likeness (QED) is 0.772. The van der Waals surface area contributed by atoms with Gasteiger partial charge in [-0.3, -0.25) is 4.79 Å². The van der Waals surface area contributed by atoms with Crippen LogP contribution in [0.5, 0.6) is 0 Å². The van der Waals surface area contributed by atoms with Gasteiger partial charge in [-0.25, -0.2) is 4.39 Å². The molecule has 1 amide bonds. The van der Waals surface area contributed by atoms with Gasteiger partial charge < -0.3 is 9.80 Å². The molecule has 1 aromatic carbocycles. The average molecular weight is 261 g/mol. The fourth-order valence-corrected chi connectivity index (χ4v) is 2.29. The van der Waals surface area contributed by atoms with E-state index < -0.39 is 0 Å². The topological polar surface area (TPSA) is 47.3 Å². The molecule has 1 heterocycles. The Morgan fingerprint density at radius 3 is 2.47 bits per heavy atom. The van der Waals surface area contributed by atoms with Gasteiger partial charge in [-0.05, 0) is 24.6 Å². The van der Waals surface area contributed by atoms with E-state index in [1.54, 1.807) is 24.8 Å². The van der Waals surface area contributed by atoms with Crippen LogP contribution in [0, 0.1) is 24.1 Å². The molecule has 5 heteroatoms. The number of anilines is 1. The van der Waals surface area contributed by atoms with Crippen LogP contribution in [0.25, 0.3) is 0 Å². The Morgan fingerprint density at radius 1 is 1.32 bits per heavy atom. The number of carbonyl (C=O) groups excluding carboxylic acids is 1. The monoisotopic (exact) mass is 261 g/mol. The summed E-state index contributed by atoms with van der Waals surface area (Å²) in [7, 11) is 0. The van der Waals surface area contributed by atoms with Crippen LogP contribution in [0.4, 0.5) is 10.1 Å². The largest absolute Gasteiger partial charge is 0.366 e. The number of piperazine rings is 1. The molecule has 0 spiro atoms. The number of nitriles is 1. The van der Waals surface area contributed by atoms with E-state index in [0.29, 0.717) is 37.4 Å². The van der Waals surface area contributed by atoms with Crippen molar-refractivity contribution < 1.29 is 9.18 Å². The first-order chi connectivity index (χ1) is 9.02. The third-order valence-corrected chi connectivity index (χ3v) is 3.48. The zero-order valence-electron chi connectivity index (χ0n) is 11.1. The van der Waals surface area contributed by atoms with Gasteiger partial charge in [-0.2, -0.15) is 5.26 Å². The molecule has 0 atom stereocenters. The lowest BCUT2D eigenvalue weighted by atomic mass is 10.1. The number of aryl methyl sites for hydroxylation is 1. The van der Waals surface area contributed by atoms with Crippen molar-refractivity contribution in [3.8, 4) is 6.07 Å². The van der Waals surface area contributed by atoms with Crippen LogP contribution in [0.1, 0.15) is 18.1 Å². The Labute approximate surface area is 112 Å². The summed E-state index contributed by atoms with van der Waals surface area (Å²) in [6, 6.07) is 4.96. The predicted molar refractivity (Wildman–Crippen MR) is 70.3 cm³/mol. The van der Waals surface area contributed by atoms with Gasteiger partial charge >= 0.3 is 0 Å². The van der Waals surface area contributed by atoms with Gasteiger partial charge in [0.25, 0.3) is 0 Å². The molecule has 19 heavy (non-hydrogen) atoms. The van der Waals surface area contributed by atoms with E-state index >= 15 is 0 Å². The lowest BCUT2D eigenvalue weighted by Crippen LogP contribution is -2.48. The number of halogens is 1. The van der Waals surface area contributed by atoms with E-state index in [9.17, 15) is 9.18 Å². The van der Waals surface area contributed by atoms with E-state index in [0.717, 1.165) is 5.56 Å². The van der Waals surface area contributed by atoms with Gasteiger partial charge in [0.15, 0.2) is 0 Å². The summed E-state index contributed by atoms with van der Waals surface area (Å²) < 4.78 is 14.0. The van der Waals surface area contributed by atoms with Crippen molar-refractivity contribution in [3.05, 3.63) is 29.1 Å². The molecule has 0 saturated carbocycles. The van der Waals surface area contributed by atoms with Crippen molar-refractivity contribution in [2.75, 3.05) is 31.1 Å². The second kappa shape index (κ2) is 5.27. The first kappa shape index (κ1) is 13.3. The molecule has 0 N–H and O–H groups in total. The standard InChI is InChI=1S/C14H16FN3O/c1-10-7-14(13(15)8-12(10)9-16)18-5-3-17(4-6-18)11(2)19/h7-8H,3-6H2,1-2H3. The Balaban J connectivity index is 2.18. The number of nitrogens with zero attached hydrogens (tertiary/aromatic N) is 3. The fraction of sp³-hybridized carbons (Fsp3) is 0.429. The van der Waals surface area contributed by atoms with Crippen LogP contribution in [-0.2, 0) is 4.79 Å². The summed E-state index contributed by atoms with van der Waals surface area (Å²) in [6.07, 6.45) is 0. The first-order valence-electron chi connectivity index (χ1n) is 6.23. The molecule has 2 rings (SSSR count). The van der Waals surface area contributed by atoms with Crippen LogP contribution in [0.15, 0.2) is 12.1 Å². The molecule has 1 aliphatic heterocycles. The first-order valence-corrected chi connectivity index (χ1v) is 6.23. The third-order valence-electron chi connectivity index (χ3n) is 3.48. The molecule has 0 unspecified atom stereocenters. The maximum absolute atomic E-state index is 14.0. The van der Waals surface area contributed by atoms with Crippen LogP contribution >= 0.6 is 0 Å². The van der Waals surface area contributed by atoms with Crippen LogP contribution in [0.3, 0.4) is 0 Å². The second-order valence-electron chi connectivity index (χ2n) is 4.72. The van der Waals surface area contributed by atoms with E-state index in [2.05, 4.69) is 0 Å². The zero-order valence-corrected chi connectivity index (χ0v) is 11.1. The molecule has 100 valence electrons. The Bertz CT molecular complexity index is 542. The van der Waals surface area contributed by atoms with Crippen molar-refractivity contribution in [2.24, 2.45) is 0 Å². The molecule has 0 radical (unpaired) electrons. The maximum atomic E-state index is 14.0. The highest BCUT2D eigenvalue weighted by Crippen LogP contribution is 2.24. The molecular weight excluding hydrogens is 245 g/mol. The van der Waals surface area contributed by atoms with Crippen molar-refractivity contribution >= 4 is 11.6 Å². The molecule has 0 aliphatic carbocycles. The summed E-state index contributed by atoms with van der Waals surface area (Å²) in [6.45, 7) is 5.78. The molecule has 1 fully saturated rings. The Hall–Kier alpha value is -2.09. The third kappa shape index (κ3) is 2.68. The van der Waals surface area contributed by atoms with E-state index in [4.69, 9.17) is 5.26 Å². The highest BCUT2D eigenvalue weighted by atomic mass is 19.1. The number of benzene rings is 1. The molecule has 0 aromatic heterocycles. The highest BCUT2D eigenvalue weighted by molar-refractivity contribution is 5.73. The smallest absolute Gasteiger partial charge is 0.219 e. The zero-order chi connectivity index (χ0) is 14.0. The van der Waals surface area contributed by atoms with Crippen LogP contribution in [-0.4, -0.2) is 37.0 Å². The van der Waals surface area contributed by atoms with Crippen molar-refractivity contribution in [3.63, 3.8) is 0 Å². The van der Waals surface area contributed by atoms with E-state index in [1.165, 1.54) is 6.07 Å². The van der Waals surface area contributed by atoms with Gasteiger partial charge in [0.1, 0.15) is 5.82 Å². The Morgan fingerprint density at radius 2 is 1.95 bits per heavy atom. The van der Waals surface area contributed by atoms with Crippen molar-refractivity contribution in [1.82, 2.24) is 4.90 Å². The normalized spacial score (nSPS) is 15.3. The summed E-state index contributed by atoms with van der Waals surface area (Å²) in [5, 5.41) is 8.87. The van der Waals surface area contributed by atoms with Gasteiger partial charge in [0, 0.05) is 33.1 Å². The number of hydrogen-bond acceptors (Lipinski definition) is 3. The molecule has 0 bridgehead atoms. The summed E-state index contributed by atoms with van der Waals surface area (Å²) >= 11 is 0. The molecule has 1 saturated heterocycles. The van der Waals surface area contributed by atoms with Gasteiger partial charge in [-0.1, -0.05) is 0 Å². The fourth-order valence-electron chi connectivity index (χ4n) is 2.29. The lowest BCUT2D eigenvalue weighted by Gasteiger charge is -2.35. The highest BCUT2D eigenvalue weighted by Gasteiger charge is 2.21. The minimum Gasteiger partial charge on any atom is -0.366 e. The van der Waals surface area contributed by atoms with E-state index in [1.807, 2.05) is 11.0 Å². The van der Waals surface area contributed by atoms with Crippen molar-refractivity contribution in [2.45, 2.75) is 13.8 Å². The number of hydrogen-bond donors (Lipinski definition) is 0. The summed E-state index contributed by atoms with van der Waals surface area (Å²) in [5.74, 6) is -0.324. The summed E-state index contributed by atoms with van der Waals surface area (Å²) in [5.41, 5.74) is 1.65. The molecular formula is C14H16FN3O. The number of carbonyl (C=O) groups is 1. The predicted octanol–water partition coefficient (Wildman–Crippen LogP) is 1.67. The number of rotatable bonds is 1. The number of amides is 1. The van der Waals surface area contributed by atoms with Gasteiger partial charge in [0.05, 0.1) is 17.3 Å².